The molecular formula is C45H96N6O6. The summed E-state index contributed by atoms with van der Waals surface area (Å²) in [6, 6.07) is 0. The second-order valence-electron chi connectivity index (χ2n) is 18.1. The van der Waals surface area contributed by atoms with E-state index in [9.17, 15) is 0 Å². The van der Waals surface area contributed by atoms with E-state index < -0.39 is 0 Å². The van der Waals surface area contributed by atoms with Gasteiger partial charge in [-0.2, -0.15) is 42.3 Å². The summed E-state index contributed by atoms with van der Waals surface area (Å²) >= 11 is 0. The molecule has 6 saturated heterocycles. The summed E-state index contributed by atoms with van der Waals surface area (Å²) in [5.74, 6) is 4.11. The summed E-state index contributed by atoms with van der Waals surface area (Å²) in [5.41, 5.74) is 0. The SMILES string of the molecule is [CH2-][NH+]1C[C@@H](C)[C@@H](OC)C1.[CH2-][NH+]1C[C@@H](C)[C@@H](OCC)C1.[CH2-][NH+]1C[C@@H](C)[C@H](OC)C1.[CH2-][NH+]1C[C@@H](C)[C@H](OCC)C1.[CH2-][NH+]1C[C@H](OC)[C@@H](C)C1.[CH2-][NH+]1C[C@H](OCC)[C@@H](C)C1. The molecule has 6 rings (SSSR count). The Morgan fingerprint density at radius 3 is 0.561 bits per heavy atom. The van der Waals surface area contributed by atoms with Gasteiger partial charge in [0.05, 0.1) is 78.5 Å². The highest BCUT2D eigenvalue weighted by atomic mass is 16.5. The predicted molar refractivity (Wildman–Crippen MR) is 230 cm³/mol. The van der Waals surface area contributed by atoms with Crippen molar-refractivity contribution in [3.8, 4) is 0 Å². The first-order chi connectivity index (χ1) is 26.9. The maximum Gasteiger partial charge on any atom is 0.112 e. The summed E-state index contributed by atoms with van der Waals surface area (Å²) in [7, 11) is 29.0. The number of likely N-dealkylation sites (tertiary alicyclic amines) is 6. The summed E-state index contributed by atoms with van der Waals surface area (Å²) in [4.78, 5) is 8.08. The van der Waals surface area contributed by atoms with E-state index in [0.29, 0.717) is 72.1 Å². The molecule has 0 spiro atoms. The number of ether oxygens (including phenoxy) is 6. The van der Waals surface area contributed by atoms with Gasteiger partial charge in [-0.05, 0) is 20.8 Å². The molecule has 6 N–H and O–H groups in total. The van der Waals surface area contributed by atoms with Crippen LogP contribution >= 0.6 is 0 Å². The molecule has 6 fully saturated rings. The van der Waals surface area contributed by atoms with Gasteiger partial charge in [0.2, 0.25) is 0 Å². The van der Waals surface area contributed by atoms with Crippen molar-refractivity contribution in [1.82, 2.24) is 0 Å². The van der Waals surface area contributed by atoms with E-state index in [1.54, 1.807) is 21.3 Å². The Kier molecular flexibility index (Phi) is 28.4. The quantitative estimate of drug-likeness (QED) is 0.141. The summed E-state index contributed by atoms with van der Waals surface area (Å²) in [6.45, 7) is 35.4. The second kappa shape index (κ2) is 29.7. The molecule has 12 nitrogen and oxygen atoms in total. The Bertz CT molecular complexity index is 870. The van der Waals surface area contributed by atoms with E-state index in [4.69, 9.17) is 28.4 Å². The molecule has 0 radical (unpaired) electrons. The molecule has 0 saturated carbocycles. The summed E-state index contributed by atoms with van der Waals surface area (Å²) in [5, 5.41) is 0. The Balaban J connectivity index is 0.000000342. The zero-order valence-corrected chi connectivity index (χ0v) is 39.2. The average molecular weight is 817 g/mol. The van der Waals surface area contributed by atoms with Gasteiger partial charge in [0.1, 0.15) is 36.6 Å². The lowest BCUT2D eigenvalue weighted by Gasteiger charge is -2.12. The van der Waals surface area contributed by atoms with Gasteiger partial charge in [0, 0.05) is 76.7 Å². The normalized spacial score (nSPS) is 42.0. The van der Waals surface area contributed by atoms with Crippen LogP contribution in [0, 0.1) is 77.8 Å². The standard InChI is InChI=1S/3C8H17NO.3C7H15NO/c3*1-4-10-8-6-9(3)5-7(8)2;3*1-6-4-8(2)5-7(6)9-3/h3*7-9H,3-6H2,1-2H3;3*6-8H,2,4-5H2,1,3H3/t7-,8+;2*7-,8-;6-,7+;2*6-,7-/m110110/s1. The zero-order chi connectivity index (χ0) is 43.2. The number of rotatable bonds is 9. The van der Waals surface area contributed by atoms with E-state index in [-0.39, 0.29) is 0 Å². The molecule has 6 unspecified atom stereocenters. The van der Waals surface area contributed by atoms with Crippen molar-refractivity contribution in [2.75, 3.05) is 120 Å². The van der Waals surface area contributed by atoms with Crippen LogP contribution in [0.25, 0.3) is 0 Å². The molecule has 6 aliphatic rings. The molecule has 18 atom stereocenters. The molecular weight excluding hydrogens is 721 g/mol. The van der Waals surface area contributed by atoms with Gasteiger partial charge in [-0.15, -0.1) is 0 Å². The van der Waals surface area contributed by atoms with Crippen LogP contribution in [0.2, 0.25) is 0 Å². The van der Waals surface area contributed by atoms with Gasteiger partial charge in [-0.25, -0.2) is 0 Å². The number of hydrogen-bond donors (Lipinski definition) is 6. The van der Waals surface area contributed by atoms with E-state index in [1.807, 2.05) is 20.8 Å². The lowest BCUT2D eigenvalue weighted by molar-refractivity contribution is -0.842. The predicted octanol–water partition coefficient (Wildman–Crippen LogP) is -2.86. The van der Waals surface area contributed by atoms with Crippen LogP contribution in [0.1, 0.15) is 62.3 Å². The van der Waals surface area contributed by atoms with Crippen molar-refractivity contribution in [1.29, 1.82) is 0 Å². The fraction of sp³-hybridized carbons (Fsp3) is 0.867. The third-order valence-electron chi connectivity index (χ3n) is 12.5. The van der Waals surface area contributed by atoms with Crippen molar-refractivity contribution < 1.29 is 57.8 Å². The third-order valence-corrected chi connectivity index (χ3v) is 12.5. The molecule has 342 valence electrons. The highest BCUT2D eigenvalue weighted by molar-refractivity contribution is 4.72. The Hall–Kier alpha value is -0.480. The highest BCUT2D eigenvalue weighted by Crippen LogP contribution is 2.10. The molecule has 0 bridgehead atoms. The number of nitrogens with one attached hydrogen (secondary N) is 6. The van der Waals surface area contributed by atoms with E-state index in [1.165, 1.54) is 29.4 Å². The van der Waals surface area contributed by atoms with Crippen molar-refractivity contribution in [3.63, 3.8) is 0 Å². The van der Waals surface area contributed by atoms with E-state index >= 15 is 0 Å². The fourth-order valence-corrected chi connectivity index (χ4v) is 9.19. The first kappa shape index (κ1) is 54.5. The Morgan fingerprint density at radius 1 is 0.316 bits per heavy atom. The highest BCUT2D eigenvalue weighted by Gasteiger charge is 2.31. The van der Waals surface area contributed by atoms with Crippen LogP contribution in [-0.2, 0) is 28.4 Å². The van der Waals surface area contributed by atoms with Crippen LogP contribution in [0.3, 0.4) is 0 Å². The molecule has 6 heterocycles. The van der Waals surface area contributed by atoms with Crippen LogP contribution in [0.15, 0.2) is 0 Å². The smallest absolute Gasteiger partial charge is 0.112 e. The Labute approximate surface area is 353 Å². The lowest BCUT2D eigenvalue weighted by Crippen LogP contribution is -3.05. The number of hydrogen-bond acceptors (Lipinski definition) is 6. The largest absolute Gasteiger partial charge is 0.465 e. The maximum atomic E-state index is 5.52. The maximum absolute atomic E-state index is 5.52. The van der Waals surface area contributed by atoms with Crippen molar-refractivity contribution in [2.24, 2.45) is 35.5 Å². The number of methoxy groups -OCH3 is 3. The van der Waals surface area contributed by atoms with Gasteiger partial charge in [-0.3, -0.25) is 0 Å². The molecule has 0 aliphatic carbocycles. The van der Waals surface area contributed by atoms with Crippen LogP contribution in [0.4, 0.5) is 0 Å². The summed E-state index contributed by atoms with van der Waals surface area (Å²) in [6.07, 6.45) is 2.69. The van der Waals surface area contributed by atoms with Gasteiger partial charge in [0.15, 0.2) is 0 Å². The first-order valence-corrected chi connectivity index (χ1v) is 22.4. The number of quaternary nitrogens is 6. The van der Waals surface area contributed by atoms with Gasteiger partial charge in [0.25, 0.3) is 0 Å². The monoisotopic (exact) mass is 817 g/mol. The topological polar surface area (TPSA) is 82.0 Å². The fourth-order valence-electron chi connectivity index (χ4n) is 9.19. The van der Waals surface area contributed by atoms with Crippen LogP contribution in [0.5, 0.6) is 0 Å². The molecule has 0 aromatic heterocycles. The van der Waals surface area contributed by atoms with Crippen molar-refractivity contribution >= 4 is 0 Å². The average Bonchev–Trinajstić information content (AvgIpc) is 3.98. The molecule has 12 heteroatoms. The minimum atomic E-state index is 0.442. The van der Waals surface area contributed by atoms with Gasteiger partial charge < -0.3 is 57.8 Å². The molecule has 0 aromatic carbocycles. The molecule has 6 aliphatic heterocycles. The lowest BCUT2D eigenvalue weighted by atomic mass is 10.1. The van der Waals surface area contributed by atoms with E-state index in [2.05, 4.69) is 83.8 Å². The molecule has 0 aromatic rings. The van der Waals surface area contributed by atoms with Gasteiger partial charge >= 0.3 is 0 Å². The second-order valence-corrected chi connectivity index (χ2v) is 18.1. The molecule has 0 amide bonds. The van der Waals surface area contributed by atoms with Gasteiger partial charge in [-0.1, -0.05) is 41.5 Å². The van der Waals surface area contributed by atoms with Crippen LogP contribution < -0.4 is 29.4 Å². The van der Waals surface area contributed by atoms with Crippen molar-refractivity contribution in [3.05, 3.63) is 42.3 Å². The Morgan fingerprint density at radius 2 is 0.474 bits per heavy atom. The molecule has 57 heavy (non-hydrogen) atoms. The third kappa shape index (κ3) is 21.2. The first-order valence-electron chi connectivity index (χ1n) is 22.4. The minimum absolute atomic E-state index is 0.442. The van der Waals surface area contributed by atoms with Crippen LogP contribution in [-0.4, -0.2) is 156 Å². The summed E-state index contributed by atoms with van der Waals surface area (Å²) < 4.78 is 32.3. The van der Waals surface area contributed by atoms with E-state index in [0.717, 1.165) is 98.4 Å². The zero-order valence-electron chi connectivity index (χ0n) is 39.2. The minimum Gasteiger partial charge on any atom is -0.465 e. The van der Waals surface area contributed by atoms with Crippen molar-refractivity contribution in [2.45, 2.75) is 98.9 Å².